The molecule has 3 heterocycles. The number of aromatic nitrogens is 2. The van der Waals surface area contributed by atoms with Crippen LogP contribution in [-0.4, -0.2) is 65.3 Å². The van der Waals surface area contributed by atoms with Crippen LogP contribution < -0.4 is 5.32 Å². The maximum Gasteiger partial charge on any atom is 0.241 e. The van der Waals surface area contributed by atoms with Crippen molar-refractivity contribution < 1.29 is 8.91 Å². The van der Waals surface area contributed by atoms with E-state index in [2.05, 4.69) is 25.3 Å². The van der Waals surface area contributed by atoms with Crippen molar-refractivity contribution in [3.05, 3.63) is 36.0 Å². The van der Waals surface area contributed by atoms with E-state index in [4.69, 9.17) is 4.52 Å². The van der Waals surface area contributed by atoms with Crippen molar-refractivity contribution in [2.75, 3.05) is 39.3 Å². The van der Waals surface area contributed by atoms with E-state index in [1.54, 1.807) is 12.1 Å². The predicted molar refractivity (Wildman–Crippen MR) is 92.4 cm³/mol. The summed E-state index contributed by atoms with van der Waals surface area (Å²) in [6.45, 7) is 7.23. The Hall–Kier alpha value is -1.83. The molecule has 2 aliphatic heterocycles. The number of likely N-dealkylation sites (tertiary alicyclic amines) is 1. The van der Waals surface area contributed by atoms with Gasteiger partial charge in [0.05, 0.1) is 6.54 Å². The van der Waals surface area contributed by atoms with Gasteiger partial charge in [-0.1, -0.05) is 5.16 Å². The molecule has 1 aromatic carbocycles. The van der Waals surface area contributed by atoms with Crippen molar-refractivity contribution in [1.29, 1.82) is 0 Å². The van der Waals surface area contributed by atoms with Crippen LogP contribution in [0.5, 0.6) is 0 Å². The first-order valence-corrected chi connectivity index (χ1v) is 9.03. The molecule has 4 rings (SSSR count). The number of halogens is 1. The minimum Gasteiger partial charge on any atom is -0.338 e. The van der Waals surface area contributed by atoms with Gasteiger partial charge in [-0.05, 0) is 43.7 Å². The lowest BCUT2D eigenvalue weighted by atomic mass is 10.0. The quantitative estimate of drug-likeness (QED) is 0.911. The summed E-state index contributed by atoms with van der Waals surface area (Å²) in [5.41, 5.74) is 0.772. The zero-order valence-corrected chi connectivity index (χ0v) is 14.3. The average molecular weight is 345 g/mol. The summed E-state index contributed by atoms with van der Waals surface area (Å²) in [5, 5.41) is 7.45. The van der Waals surface area contributed by atoms with Gasteiger partial charge in [-0.3, -0.25) is 9.80 Å². The van der Waals surface area contributed by atoms with Crippen LogP contribution in [-0.2, 0) is 6.54 Å². The SMILES string of the molecule is Fc1ccc(-c2noc(CN3CCCC(N4CCNCC4)C3)n2)cc1. The van der Waals surface area contributed by atoms with Gasteiger partial charge in [-0.15, -0.1) is 0 Å². The molecule has 1 atom stereocenters. The molecule has 2 aromatic rings. The molecule has 0 saturated carbocycles. The first-order chi connectivity index (χ1) is 12.3. The van der Waals surface area contributed by atoms with E-state index in [1.807, 2.05) is 0 Å². The van der Waals surface area contributed by atoms with Crippen LogP contribution in [0.25, 0.3) is 11.4 Å². The fourth-order valence-electron chi connectivity index (χ4n) is 3.75. The Labute approximate surface area is 147 Å². The number of hydrogen-bond acceptors (Lipinski definition) is 6. The molecule has 0 spiro atoms. The van der Waals surface area contributed by atoms with E-state index >= 15 is 0 Å². The number of nitrogens with zero attached hydrogens (tertiary/aromatic N) is 4. The van der Waals surface area contributed by atoms with Gasteiger partial charge >= 0.3 is 0 Å². The van der Waals surface area contributed by atoms with Gasteiger partial charge in [0.15, 0.2) is 0 Å². The van der Waals surface area contributed by atoms with Crippen molar-refractivity contribution in [3.63, 3.8) is 0 Å². The first-order valence-electron chi connectivity index (χ1n) is 9.03. The highest BCUT2D eigenvalue weighted by molar-refractivity contribution is 5.53. The maximum atomic E-state index is 13.0. The molecule has 2 saturated heterocycles. The molecule has 0 bridgehead atoms. The lowest BCUT2D eigenvalue weighted by Gasteiger charge is -2.40. The van der Waals surface area contributed by atoms with Crippen LogP contribution in [0, 0.1) is 5.82 Å². The number of piperazine rings is 1. The smallest absolute Gasteiger partial charge is 0.241 e. The number of hydrogen-bond donors (Lipinski definition) is 1. The van der Waals surface area contributed by atoms with E-state index < -0.39 is 0 Å². The highest BCUT2D eigenvalue weighted by Crippen LogP contribution is 2.20. The molecule has 1 unspecified atom stereocenters. The summed E-state index contributed by atoms with van der Waals surface area (Å²) < 4.78 is 18.4. The predicted octanol–water partition coefficient (Wildman–Crippen LogP) is 1.75. The molecule has 2 fully saturated rings. The zero-order valence-electron chi connectivity index (χ0n) is 14.3. The number of rotatable bonds is 4. The Morgan fingerprint density at radius 1 is 1.16 bits per heavy atom. The van der Waals surface area contributed by atoms with Crippen LogP contribution in [0.15, 0.2) is 28.8 Å². The minimum absolute atomic E-state index is 0.264. The molecule has 0 radical (unpaired) electrons. The second-order valence-electron chi connectivity index (χ2n) is 6.84. The highest BCUT2D eigenvalue weighted by Gasteiger charge is 2.27. The van der Waals surface area contributed by atoms with E-state index in [1.165, 1.54) is 25.0 Å². The molecule has 2 aliphatic rings. The van der Waals surface area contributed by atoms with E-state index in [-0.39, 0.29) is 5.82 Å². The third-order valence-electron chi connectivity index (χ3n) is 5.08. The Morgan fingerprint density at radius 2 is 1.96 bits per heavy atom. The normalized spacial score (nSPS) is 23.0. The number of nitrogens with one attached hydrogen (secondary N) is 1. The molecule has 1 aromatic heterocycles. The molecule has 1 N–H and O–H groups in total. The Kier molecular flexibility index (Phi) is 5.05. The molecule has 0 amide bonds. The average Bonchev–Trinajstić information content (AvgIpc) is 3.12. The van der Waals surface area contributed by atoms with Gasteiger partial charge in [0.1, 0.15) is 5.82 Å². The topological polar surface area (TPSA) is 57.4 Å². The summed E-state index contributed by atoms with van der Waals surface area (Å²) in [4.78, 5) is 9.47. The molecule has 25 heavy (non-hydrogen) atoms. The zero-order chi connectivity index (χ0) is 17.1. The summed E-state index contributed by atoms with van der Waals surface area (Å²) in [5.74, 6) is 0.880. The van der Waals surface area contributed by atoms with Crippen LogP contribution in [0.1, 0.15) is 18.7 Å². The third kappa shape index (κ3) is 4.05. The van der Waals surface area contributed by atoms with Crippen LogP contribution in [0.4, 0.5) is 4.39 Å². The van der Waals surface area contributed by atoms with Crippen LogP contribution >= 0.6 is 0 Å². The Morgan fingerprint density at radius 3 is 2.76 bits per heavy atom. The van der Waals surface area contributed by atoms with Gasteiger partial charge in [0, 0.05) is 44.3 Å². The fraction of sp³-hybridized carbons (Fsp3) is 0.556. The Balaban J connectivity index is 1.37. The van der Waals surface area contributed by atoms with Gasteiger partial charge in [0.25, 0.3) is 0 Å². The van der Waals surface area contributed by atoms with E-state index in [0.29, 0.717) is 24.3 Å². The van der Waals surface area contributed by atoms with Gasteiger partial charge in [-0.25, -0.2) is 4.39 Å². The summed E-state index contributed by atoms with van der Waals surface area (Å²) in [6, 6.07) is 6.79. The molecule has 6 nitrogen and oxygen atoms in total. The second kappa shape index (κ2) is 7.59. The summed E-state index contributed by atoms with van der Waals surface area (Å²) in [6.07, 6.45) is 2.47. The van der Waals surface area contributed by atoms with Crippen molar-refractivity contribution in [2.24, 2.45) is 0 Å². The molecule has 0 aliphatic carbocycles. The lowest BCUT2D eigenvalue weighted by Crippen LogP contribution is -2.53. The molecule has 134 valence electrons. The maximum absolute atomic E-state index is 13.0. The van der Waals surface area contributed by atoms with Crippen molar-refractivity contribution in [2.45, 2.75) is 25.4 Å². The van der Waals surface area contributed by atoms with Crippen molar-refractivity contribution in [3.8, 4) is 11.4 Å². The second-order valence-corrected chi connectivity index (χ2v) is 6.84. The number of benzene rings is 1. The van der Waals surface area contributed by atoms with Gasteiger partial charge in [0.2, 0.25) is 11.7 Å². The van der Waals surface area contributed by atoms with E-state index in [0.717, 1.165) is 44.8 Å². The monoisotopic (exact) mass is 345 g/mol. The largest absolute Gasteiger partial charge is 0.338 e. The summed E-state index contributed by atoms with van der Waals surface area (Å²) >= 11 is 0. The van der Waals surface area contributed by atoms with Crippen molar-refractivity contribution >= 4 is 0 Å². The fourth-order valence-corrected chi connectivity index (χ4v) is 3.75. The summed E-state index contributed by atoms with van der Waals surface area (Å²) in [7, 11) is 0. The van der Waals surface area contributed by atoms with Crippen LogP contribution in [0.2, 0.25) is 0 Å². The van der Waals surface area contributed by atoms with E-state index in [9.17, 15) is 4.39 Å². The molecular formula is C18H24FN5O. The first kappa shape index (κ1) is 16.6. The number of piperidine rings is 1. The molecular weight excluding hydrogens is 321 g/mol. The standard InChI is InChI=1S/C18H24FN5O/c19-15-5-3-14(4-6-15)18-21-17(25-22-18)13-23-9-1-2-16(12-23)24-10-7-20-8-11-24/h3-6,16,20H,1-2,7-13H2. The minimum atomic E-state index is -0.264. The highest BCUT2D eigenvalue weighted by atomic mass is 19.1. The molecule has 7 heteroatoms. The van der Waals surface area contributed by atoms with Gasteiger partial charge in [-0.2, -0.15) is 4.98 Å². The third-order valence-corrected chi connectivity index (χ3v) is 5.08. The lowest BCUT2D eigenvalue weighted by molar-refractivity contribution is 0.0783. The van der Waals surface area contributed by atoms with Crippen LogP contribution in [0.3, 0.4) is 0 Å². The van der Waals surface area contributed by atoms with Gasteiger partial charge < -0.3 is 9.84 Å². The van der Waals surface area contributed by atoms with Crippen molar-refractivity contribution in [1.82, 2.24) is 25.3 Å². The Bertz CT molecular complexity index is 683.